The second-order valence-electron chi connectivity index (χ2n) is 2.80. The molecule has 0 fully saturated rings. The van der Waals surface area contributed by atoms with Gasteiger partial charge >= 0.3 is 0 Å². The van der Waals surface area contributed by atoms with Gasteiger partial charge in [0.25, 0.3) is 0 Å². The maximum atomic E-state index is 4.41. The van der Waals surface area contributed by atoms with Crippen molar-refractivity contribution in [2.75, 3.05) is 0 Å². The van der Waals surface area contributed by atoms with Crippen LogP contribution in [0.1, 0.15) is 11.4 Å². The van der Waals surface area contributed by atoms with E-state index in [2.05, 4.69) is 22.1 Å². The average molecular weight is 142 g/mol. The first-order valence-corrected chi connectivity index (χ1v) is 3.67. The van der Waals surface area contributed by atoms with E-state index in [1.165, 1.54) is 11.1 Å². The predicted octanol–water partition coefficient (Wildman–Crippen LogP) is 1.53. The van der Waals surface area contributed by atoms with Crippen molar-refractivity contribution >= 4 is 10.9 Å². The highest BCUT2D eigenvalue weighted by atomic mass is 14.8. The van der Waals surface area contributed by atoms with Crippen molar-refractivity contribution in [3.8, 4) is 0 Å². The molecule has 0 unspecified atom stereocenters. The summed E-state index contributed by atoms with van der Waals surface area (Å²) < 4.78 is 0. The van der Waals surface area contributed by atoms with Gasteiger partial charge in [-0.3, -0.25) is 9.97 Å². The van der Waals surface area contributed by atoms with Crippen LogP contribution in [0.5, 0.6) is 0 Å². The molecule has 1 aliphatic carbocycles. The van der Waals surface area contributed by atoms with Gasteiger partial charge in [0, 0.05) is 23.7 Å². The van der Waals surface area contributed by atoms with Crippen molar-refractivity contribution < 1.29 is 0 Å². The minimum Gasteiger partial charge on any atom is -0.260 e. The summed E-state index contributed by atoms with van der Waals surface area (Å²) >= 11 is 0. The van der Waals surface area contributed by atoms with Crippen molar-refractivity contribution in [2.24, 2.45) is 0 Å². The van der Waals surface area contributed by atoms with E-state index >= 15 is 0 Å². The molecule has 2 aromatic heterocycles. The van der Waals surface area contributed by atoms with E-state index in [4.69, 9.17) is 0 Å². The standard InChI is InChI=1S/C9H6N2/c1-2-7-8-3-4-10-9(7)5-6(1)11-8/h1-4H,5H2. The second-order valence-corrected chi connectivity index (χ2v) is 2.80. The summed E-state index contributed by atoms with van der Waals surface area (Å²) in [6.45, 7) is 0. The molecule has 2 aromatic rings. The minimum absolute atomic E-state index is 0.916. The van der Waals surface area contributed by atoms with Crippen LogP contribution < -0.4 is 0 Å². The minimum atomic E-state index is 0.916. The Labute approximate surface area is 63.9 Å². The highest BCUT2D eigenvalue weighted by Gasteiger charge is 2.11. The Morgan fingerprint density at radius 1 is 1.18 bits per heavy atom. The molecule has 0 saturated heterocycles. The lowest BCUT2D eigenvalue weighted by molar-refractivity contribution is 1.01. The molecule has 1 aliphatic heterocycles. The Bertz CT molecular complexity index is 435. The zero-order valence-electron chi connectivity index (χ0n) is 5.91. The van der Waals surface area contributed by atoms with Crippen LogP contribution >= 0.6 is 0 Å². The lowest BCUT2D eigenvalue weighted by atomic mass is 10.0. The Morgan fingerprint density at radius 2 is 2.18 bits per heavy atom. The van der Waals surface area contributed by atoms with Crippen LogP contribution in [0.25, 0.3) is 10.9 Å². The van der Waals surface area contributed by atoms with Crippen LogP contribution in [0.4, 0.5) is 0 Å². The van der Waals surface area contributed by atoms with Gasteiger partial charge in [-0.1, -0.05) is 0 Å². The lowest BCUT2D eigenvalue weighted by Crippen LogP contribution is -2.03. The average Bonchev–Trinajstić information content (AvgIpc) is 2.05. The summed E-state index contributed by atoms with van der Waals surface area (Å²) in [7, 11) is 0. The van der Waals surface area contributed by atoms with E-state index in [0.29, 0.717) is 0 Å². The fraction of sp³-hybridized carbons (Fsp3) is 0.111. The van der Waals surface area contributed by atoms with E-state index in [1.54, 1.807) is 0 Å². The van der Waals surface area contributed by atoms with Crippen LogP contribution in [0.3, 0.4) is 0 Å². The molecule has 0 N–H and O–H groups in total. The summed E-state index contributed by atoms with van der Waals surface area (Å²) in [5.41, 5.74) is 3.40. The van der Waals surface area contributed by atoms with Gasteiger partial charge < -0.3 is 0 Å². The SMILES string of the molecule is c1cc2nc3ccc2c(n1)C3. The van der Waals surface area contributed by atoms with Gasteiger partial charge in [0.05, 0.1) is 11.2 Å². The molecule has 0 spiro atoms. The number of aromatic nitrogens is 2. The zero-order chi connectivity index (χ0) is 7.26. The van der Waals surface area contributed by atoms with E-state index in [0.717, 1.165) is 17.6 Å². The number of nitrogens with zero attached hydrogens (tertiary/aromatic N) is 2. The first kappa shape index (κ1) is 5.24. The van der Waals surface area contributed by atoms with E-state index in [9.17, 15) is 0 Å². The van der Waals surface area contributed by atoms with Gasteiger partial charge in [-0.05, 0) is 18.2 Å². The fourth-order valence-corrected chi connectivity index (χ4v) is 1.57. The fourth-order valence-electron chi connectivity index (χ4n) is 1.57. The third kappa shape index (κ3) is 0.564. The summed E-state index contributed by atoms with van der Waals surface area (Å²) in [5, 5.41) is 1.21. The summed E-state index contributed by atoms with van der Waals surface area (Å²) in [6, 6.07) is 6.13. The molecule has 4 rings (SSSR count). The third-order valence-electron chi connectivity index (χ3n) is 2.10. The van der Waals surface area contributed by atoms with Crippen LogP contribution in [0, 0.1) is 0 Å². The molecule has 2 nitrogen and oxygen atoms in total. The molecule has 2 aliphatic rings. The lowest BCUT2D eigenvalue weighted by Gasteiger charge is -2.11. The molecule has 0 amide bonds. The Hall–Kier alpha value is -1.44. The largest absolute Gasteiger partial charge is 0.260 e. The first-order chi connectivity index (χ1) is 5.43. The molecular weight excluding hydrogens is 136 g/mol. The van der Waals surface area contributed by atoms with Gasteiger partial charge in [0.15, 0.2) is 0 Å². The first-order valence-electron chi connectivity index (χ1n) is 3.67. The van der Waals surface area contributed by atoms with E-state index in [-0.39, 0.29) is 0 Å². The molecule has 0 atom stereocenters. The third-order valence-corrected chi connectivity index (χ3v) is 2.10. The normalized spacial score (nSPS) is 13.1. The quantitative estimate of drug-likeness (QED) is 0.475. The van der Waals surface area contributed by atoms with Crippen LogP contribution in [0.2, 0.25) is 0 Å². The van der Waals surface area contributed by atoms with Crippen LogP contribution in [-0.2, 0) is 6.42 Å². The molecule has 0 aromatic carbocycles. The Morgan fingerprint density at radius 3 is 2.91 bits per heavy atom. The number of pyridine rings is 2. The molecule has 52 valence electrons. The smallest absolute Gasteiger partial charge is 0.0739 e. The molecule has 11 heavy (non-hydrogen) atoms. The molecule has 4 bridgehead atoms. The van der Waals surface area contributed by atoms with Crippen LogP contribution in [0.15, 0.2) is 24.4 Å². The topological polar surface area (TPSA) is 25.8 Å². The monoisotopic (exact) mass is 142 g/mol. The van der Waals surface area contributed by atoms with Crippen molar-refractivity contribution in [1.82, 2.24) is 9.97 Å². The number of hydrogen-bond donors (Lipinski definition) is 0. The van der Waals surface area contributed by atoms with Crippen molar-refractivity contribution in [1.29, 1.82) is 0 Å². The summed E-state index contributed by atoms with van der Waals surface area (Å²) in [5.74, 6) is 0. The second kappa shape index (κ2) is 1.59. The molecule has 0 saturated carbocycles. The van der Waals surface area contributed by atoms with Crippen molar-refractivity contribution in [2.45, 2.75) is 6.42 Å². The maximum Gasteiger partial charge on any atom is 0.0739 e. The van der Waals surface area contributed by atoms with Gasteiger partial charge in [0.2, 0.25) is 0 Å². The molecule has 3 heterocycles. The Kier molecular flexibility index (Phi) is 0.756. The molecule has 0 radical (unpaired) electrons. The van der Waals surface area contributed by atoms with Gasteiger partial charge in [0.1, 0.15) is 0 Å². The zero-order valence-corrected chi connectivity index (χ0v) is 5.91. The number of rotatable bonds is 0. The van der Waals surface area contributed by atoms with Crippen molar-refractivity contribution in [3.63, 3.8) is 0 Å². The van der Waals surface area contributed by atoms with Crippen LogP contribution in [-0.4, -0.2) is 9.97 Å². The molecular formula is C9H6N2. The van der Waals surface area contributed by atoms with Gasteiger partial charge in [-0.15, -0.1) is 0 Å². The highest BCUT2D eigenvalue weighted by Crippen LogP contribution is 2.23. The van der Waals surface area contributed by atoms with Gasteiger partial charge in [-0.2, -0.15) is 0 Å². The number of fused-ring (bicyclic) bond motifs is 1. The summed E-state index contributed by atoms with van der Waals surface area (Å²) in [6.07, 6.45) is 2.74. The molecule has 2 heteroatoms. The number of hydrogen-bond acceptors (Lipinski definition) is 2. The van der Waals surface area contributed by atoms with Gasteiger partial charge in [-0.25, -0.2) is 0 Å². The summed E-state index contributed by atoms with van der Waals surface area (Å²) in [4.78, 5) is 8.69. The van der Waals surface area contributed by atoms with E-state index < -0.39 is 0 Å². The Balaban J connectivity index is 2.67. The highest BCUT2D eigenvalue weighted by molar-refractivity contribution is 5.83. The van der Waals surface area contributed by atoms with Crippen molar-refractivity contribution in [3.05, 3.63) is 35.8 Å². The predicted molar refractivity (Wildman–Crippen MR) is 42.3 cm³/mol. The van der Waals surface area contributed by atoms with E-state index in [1.807, 2.05) is 12.3 Å². The maximum absolute atomic E-state index is 4.41.